The highest BCUT2D eigenvalue weighted by atomic mass is 32.2. The Bertz CT molecular complexity index is 524. The summed E-state index contributed by atoms with van der Waals surface area (Å²) in [6.07, 6.45) is 0.811. The predicted molar refractivity (Wildman–Crippen MR) is 67.3 cm³/mol. The summed E-state index contributed by atoms with van der Waals surface area (Å²) in [4.78, 5) is 12.9. The molecule has 2 rings (SSSR count). The largest absolute Gasteiger partial charge is 0.366 e. The van der Waals surface area contributed by atoms with Crippen LogP contribution < -0.4 is 4.90 Å². The lowest BCUT2D eigenvalue weighted by Crippen LogP contribution is -2.47. The summed E-state index contributed by atoms with van der Waals surface area (Å²) in [5.74, 6) is 0.310. The number of aldehydes is 1. The summed E-state index contributed by atoms with van der Waals surface area (Å²) in [6.45, 7) is 2.33. The lowest BCUT2D eigenvalue weighted by atomic mass is 10.1. The Kier molecular flexibility index (Phi) is 3.19. The number of rotatable bonds is 2. The minimum absolute atomic E-state index is 0.0881. The van der Waals surface area contributed by atoms with Crippen molar-refractivity contribution in [1.29, 1.82) is 0 Å². The van der Waals surface area contributed by atoms with Crippen molar-refractivity contribution in [2.45, 2.75) is 13.0 Å². The van der Waals surface area contributed by atoms with Crippen LogP contribution in [-0.2, 0) is 9.84 Å². The number of benzene rings is 1. The summed E-state index contributed by atoms with van der Waals surface area (Å²) in [5, 5.41) is 0. The second-order valence-electron chi connectivity index (χ2n) is 4.33. The van der Waals surface area contributed by atoms with E-state index in [1.807, 2.05) is 24.0 Å². The molecule has 1 fully saturated rings. The molecule has 17 heavy (non-hydrogen) atoms. The highest BCUT2D eigenvalue weighted by Gasteiger charge is 2.29. The Balaban J connectivity index is 2.32. The first-order chi connectivity index (χ1) is 8.03. The summed E-state index contributed by atoms with van der Waals surface area (Å²) >= 11 is 0. The van der Waals surface area contributed by atoms with Crippen molar-refractivity contribution >= 4 is 21.8 Å². The Morgan fingerprint density at radius 2 is 2.06 bits per heavy atom. The van der Waals surface area contributed by atoms with Gasteiger partial charge in [-0.3, -0.25) is 4.79 Å². The van der Waals surface area contributed by atoms with E-state index in [0.717, 1.165) is 12.0 Å². The van der Waals surface area contributed by atoms with Crippen molar-refractivity contribution < 1.29 is 13.2 Å². The van der Waals surface area contributed by atoms with Gasteiger partial charge in [-0.1, -0.05) is 12.1 Å². The van der Waals surface area contributed by atoms with Crippen molar-refractivity contribution in [2.75, 3.05) is 23.0 Å². The molecule has 1 aromatic rings. The topological polar surface area (TPSA) is 54.5 Å². The van der Waals surface area contributed by atoms with Gasteiger partial charge in [-0.2, -0.15) is 0 Å². The molecular weight excluding hydrogens is 238 g/mol. The molecule has 0 spiro atoms. The molecule has 0 radical (unpaired) electrons. The third kappa shape index (κ3) is 2.49. The Morgan fingerprint density at radius 1 is 1.35 bits per heavy atom. The van der Waals surface area contributed by atoms with Gasteiger partial charge in [0.25, 0.3) is 0 Å². The van der Waals surface area contributed by atoms with Crippen LogP contribution >= 0.6 is 0 Å². The molecule has 0 amide bonds. The minimum Gasteiger partial charge on any atom is -0.366 e. The van der Waals surface area contributed by atoms with E-state index in [9.17, 15) is 13.2 Å². The zero-order valence-electron chi connectivity index (χ0n) is 9.67. The van der Waals surface area contributed by atoms with Crippen LogP contribution in [0, 0.1) is 0 Å². The molecule has 1 heterocycles. The van der Waals surface area contributed by atoms with Gasteiger partial charge in [-0.05, 0) is 19.1 Å². The van der Waals surface area contributed by atoms with Crippen molar-refractivity contribution in [3.8, 4) is 0 Å². The van der Waals surface area contributed by atoms with Gasteiger partial charge < -0.3 is 4.90 Å². The van der Waals surface area contributed by atoms with Gasteiger partial charge in [0, 0.05) is 23.8 Å². The van der Waals surface area contributed by atoms with Gasteiger partial charge in [0.2, 0.25) is 0 Å². The molecule has 4 nitrogen and oxygen atoms in total. The predicted octanol–water partition coefficient (Wildman–Crippen LogP) is 1.12. The lowest BCUT2D eigenvalue weighted by molar-refractivity contribution is 0.112. The molecule has 1 saturated heterocycles. The van der Waals surface area contributed by atoms with Gasteiger partial charge in [0.1, 0.15) is 0 Å². The maximum atomic E-state index is 11.5. The van der Waals surface area contributed by atoms with Crippen LogP contribution in [0.1, 0.15) is 17.3 Å². The molecule has 0 aromatic heterocycles. The molecule has 1 unspecified atom stereocenters. The second kappa shape index (κ2) is 4.49. The maximum absolute atomic E-state index is 11.5. The van der Waals surface area contributed by atoms with Crippen LogP contribution in [0.3, 0.4) is 0 Å². The van der Waals surface area contributed by atoms with Crippen LogP contribution in [0.4, 0.5) is 5.69 Å². The fourth-order valence-electron chi connectivity index (χ4n) is 2.21. The second-order valence-corrected chi connectivity index (χ2v) is 6.56. The van der Waals surface area contributed by atoms with Crippen LogP contribution in [0.15, 0.2) is 24.3 Å². The number of hydrogen-bond donors (Lipinski definition) is 0. The highest BCUT2D eigenvalue weighted by Crippen LogP contribution is 2.24. The van der Waals surface area contributed by atoms with Gasteiger partial charge in [-0.25, -0.2) is 8.42 Å². The number of para-hydroxylation sites is 1. The monoisotopic (exact) mass is 253 g/mol. The van der Waals surface area contributed by atoms with Gasteiger partial charge in [-0.15, -0.1) is 0 Å². The molecule has 0 N–H and O–H groups in total. The van der Waals surface area contributed by atoms with E-state index in [-0.39, 0.29) is 17.5 Å². The number of hydrogen-bond acceptors (Lipinski definition) is 4. The number of carbonyl (C=O) groups is 1. The molecule has 92 valence electrons. The fraction of sp³-hybridized carbons (Fsp3) is 0.417. The van der Waals surface area contributed by atoms with Crippen molar-refractivity contribution in [3.63, 3.8) is 0 Å². The summed E-state index contributed by atoms with van der Waals surface area (Å²) in [5.41, 5.74) is 1.43. The van der Waals surface area contributed by atoms with Gasteiger partial charge in [0.05, 0.1) is 11.5 Å². The highest BCUT2D eigenvalue weighted by molar-refractivity contribution is 7.91. The van der Waals surface area contributed by atoms with Gasteiger partial charge >= 0.3 is 0 Å². The Morgan fingerprint density at radius 3 is 2.71 bits per heavy atom. The first-order valence-corrected chi connectivity index (χ1v) is 7.37. The van der Waals surface area contributed by atoms with E-state index in [4.69, 9.17) is 0 Å². The zero-order valence-corrected chi connectivity index (χ0v) is 10.5. The maximum Gasteiger partial charge on any atom is 0.154 e. The molecular formula is C12H15NO3S. The number of carbonyl (C=O) groups excluding carboxylic acids is 1. The molecule has 1 aliphatic heterocycles. The minimum atomic E-state index is -2.92. The van der Waals surface area contributed by atoms with Crippen LogP contribution in [0.25, 0.3) is 0 Å². The van der Waals surface area contributed by atoms with Crippen LogP contribution in [-0.4, -0.2) is 38.8 Å². The SMILES string of the molecule is CC1CS(=O)(=O)CCN1c1ccccc1C=O. The van der Waals surface area contributed by atoms with Gasteiger partial charge in [0.15, 0.2) is 16.1 Å². The average Bonchev–Trinajstić information content (AvgIpc) is 2.28. The Labute approximate surface area is 101 Å². The molecule has 1 atom stereocenters. The molecule has 5 heteroatoms. The quantitative estimate of drug-likeness (QED) is 0.741. The number of nitrogens with zero attached hydrogens (tertiary/aromatic N) is 1. The molecule has 0 bridgehead atoms. The summed E-state index contributed by atoms with van der Waals surface area (Å²) < 4.78 is 23.0. The average molecular weight is 253 g/mol. The van der Waals surface area contributed by atoms with E-state index >= 15 is 0 Å². The third-order valence-corrected chi connectivity index (χ3v) is 4.84. The molecule has 0 aliphatic carbocycles. The van der Waals surface area contributed by atoms with Crippen molar-refractivity contribution in [3.05, 3.63) is 29.8 Å². The van der Waals surface area contributed by atoms with Crippen LogP contribution in [0.2, 0.25) is 0 Å². The normalized spacial score (nSPS) is 23.4. The fourth-order valence-corrected chi connectivity index (χ4v) is 3.76. The Hall–Kier alpha value is -1.36. The van der Waals surface area contributed by atoms with E-state index in [2.05, 4.69) is 0 Å². The first-order valence-electron chi connectivity index (χ1n) is 5.55. The molecule has 1 aliphatic rings. The van der Waals surface area contributed by atoms with Crippen molar-refractivity contribution in [1.82, 2.24) is 0 Å². The van der Waals surface area contributed by atoms with E-state index in [1.54, 1.807) is 12.1 Å². The standard InChI is InChI=1S/C12H15NO3S/c1-10-9-17(15,16)7-6-13(10)12-5-3-2-4-11(12)8-14/h2-5,8,10H,6-7,9H2,1H3. The first kappa shape index (κ1) is 12.1. The smallest absolute Gasteiger partial charge is 0.154 e. The van der Waals surface area contributed by atoms with Crippen LogP contribution in [0.5, 0.6) is 0 Å². The third-order valence-electron chi connectivity index (χ3n) is 3.04. The zero-order chi connectivity index (χ0) is 12.5. The molecule has 1 aromatic carbocycles. The van der Waals surface area contributed by atoms with E-state index in [0.29, 0.717) is 12.1 Å². The van der Waals surface area contributed by atoms with Crippen molar-refractivity contribution in [2.24, 2.45) is 0 Å². The number of anilines is 1. The van der Waals surface area contributed by atoms with E-state index < -0.39 is 9.84 Å². The lowest BCUT2D eigenvalue weighted by Gasteiger charge is -2.35. The molecule has 0 saturated carbocycles. The summed E-state index contributed by atoms with van der Waals surface area (Å²) in [6, 6.07) is 7.18. The van der Waals surface area contributed by atoms with E-state index in [1.165, 1.54) is 0 Å². The summed E-state index contributed by atoms with van der Waals surface area (Å²) in [7, 11) is -2.92. The number of sulfone groups is 1.